The molecule has 0 heterocycles. The predicted octanol–water partition coefficient (Wildman–Crippen LogP) is 1.17. The van der Waals surface area contributed by atoms with Crippen molar-refractivity contribution in [1.82, 2.24) is 5.32 Å². The van der Waals surface area contributed by atoms with Crippen LogP contribution in [0.3, 0.4) is 0 Å². The summed E-state index contributed by atoms with van der Waals surface area (Å²) in [5.74, 6) is -1.42. The van der Waals surface area contributed by atoms with Gasteiger partial charge in [-0.15, -0.1) is 0 Å². The molecule has 1 aromatic rings. The molecule has 1 aromatic carbocycles. The summed E-state index contributed by atoms with van der Waals surface area (Å²) in [6, 6.07) is 7.08. The molecule has 0 saturated carbocycles. The number of benzene rings is 1. The van der Waals surface area contributed by atoms with Gasteiger partial charge in [0.2, 0.25) is 0 Å². The lowest BCUT2D eigenvalue weighted by molar-refractivity contribution is -0.143. The summed E-state index contributed by atoms with van der Waals surface area (Å²) < 4.78 is 0. The second kappa shape index (κ2) is 6.33. The molecule has 0 spiro atoms. The maximum Gasteiger partial charge on any atom is 0.329 e. The minimum atomic E-state index is -1.26. The van der Waals surface area contributed by atoms with Crippen LogP contribution in [-0.2, 0) is 11.2 Å². The van der Waals surface area contributed by atoms with Gasteiger partial charge in [0.15, 0.2) is 0 Å². The topological polar surface area (TPSA) is 92.4 Å². The molecule has 5 nitrogen and oxygen atoms in total. The zero-order valence-corrected chi connectivity index (χ0v) is 11.3. The quantitative estimate of drug-likeness (QED) is 0.719. The Hall–Kier alpha value is -1.88. The number of aliphatic carboxylic acids is 1. The Morgan fingerprint density at radius 1 is 1.37 bits per heavy atom. The zero-order chi connectivity index (χ0) is 14.5. The van der Waals surface area contributed by atoms with E-state index in [1.165, 1.54) is 6.92 Å². The van der Waals surface area contributed by atoms with Crippen molar-refractivity contribution in [3.8, 4) is 0 Å². The molecule has 0 fully saturated rings. The highest BCUT2D eigenvalue weighted by Crippen LogP contribution is 2.14. The third-order valence-corrected chi connectivity index (χ3v) is 3.24. The van der Waals surface area contributed by atoms with Crippen molar-refractivity contribution >= 4 is 11.9 Å². The molecule has 0 bridgehead atoms. The zero-order valence-electron chi connectivity index (χ0n) is 11.3. The largest absolute Gasteiger partial charge is 0.480 e. The fourth-order valence-corrected chi connectivity index (χ4v) is 1.73. The molecular weight excluding hydrogens is 244 g/mol. The molecule has 1 amide bonds. The van der Waals surface area contributed by atoms with Crippen LogP contribution in [0.4, 0.5) is 0 Å². The lowest BCUT2D eigenvalue weighted by atomic mass is 9.97. The van der Waals surface area contributed by atoms with E-state index in [2.05, 4.69) is 5.32 Å². The van der Waals surface area contributed by atoms with Gasteiger partial charge in [0, 0.05) is 5.56 Å². The Labute approximate surface area is 112 Å². The van der Waals surface area contributed by atoms with Gasteiger partial charge in [-0.2, -0.15) is 0 Å². The van der Waals surface area contributed by atoms with Gasteiger partial charge in [-0.3, -0.25) is 4.79 Å². The van der Waals surface area contributed by atoms with Gasteiger partial charge >= 0.3 is 5.97 Å². The Morgan fingerprint density at radius 3 is 2.53 bits per heavy atom. The smallest absolute Gasteiger partial charge is 0.329 e. The first kappa shape index (κ1) is 15.2. The van der Waals surface area contributed by atoms with E-state index < -0.39 is 11.5 Å². The van der Waals surface area contributed by atoms with Gasteiger partial charge in [0.25, 0.3) is 5.91 Å². The van der Waals surface area contributed by atoms with Gasteiger partial charge in [0.1, 0.15) is 5.54 Å². The van der Waals surface area contributed by atoms with Gasteiger partial charge in [0.05, 0.1) is 0 Å². The molecular formula is C14H20N2O3. The van der Waals surface area contributed by atoms with Crippen LogP contribution >= 0.6 is 0 Å². The Balaban J connectivity index is 2.98. The van der Waals surface area contributed by atoms with Crippen molar-refractivity contribution in [2.75, 3.05) is 6.54 Å². The van der Waals surface area contributed by atoms with Crippen molar-refractivity contribution in [2.24, 2.45) is 5.73 Å². The van der Waals surface area contributed by atoms with Crippen LogP contribution in [0.15, 0.2) is 24.3 Å². The van der Waals surface area contributed by atoms with Crippen molar-refractivity contribution in [1.29, 1.82) is 0 Å². The summed E-state index contributed by atoms with van der Waals surface area (Å²) in [7, 11) is 0. The molecule has 19 heavy (non-hydrogen) atoms. The number of carboxylic acids is 1. The van der Waals surface area contributed by atoms with Crippen LogP contribution in [0.1, 0.15) is 36.2 Å². The molecule has 1 atom stereocenters. The molecule has 0 aliphatic heterocycles. The third kappa shape index (κ3) is 3.54. The van der Waals surface area contributed by atoms with E-state index in [9.17, 15) is 9.59 Å². The Morgan fingerprint density at radius 2 is 2.00 bits per heavy atom. The molecule has 0 aliphatic rings. The molecule has 0 aliphatic carbocycles. The van der Waals surface area contributed by atoms with Crippen LogP contribution in [0.2, 0.25) is 0 Å². The molecule has 104 valence electrons. The highest BCUT2D eigenvalue weighted by molar-refractivity contribution is 5.98. The average Bonchev–Trinajstić information content (AvgIpc) is 2.39. The van der Waals surface area contributed by atoms with E-state index in [0.29, 0.717) is 24.9 Å². The van der Waals surface area contributed by atoms with Crippen molar-refractivity contribution in [2.45, 2.75) is 32.2 Å². The van der Waals surface area contributed by atoms with E-state index in [1.807, 2.05) is 12.1 Å². The van der Waals surface area contributed by atoms with E-state index in [1.54, 1.807) is 19.1 Å². The average molecular weight is 264 g/mol. The van der Waals surface area contributed by atoms with Crippen LogP contribution in [0.5, 0.6) is 0 Å². The molecule has 0 saturated heterocycles. The summed E-state index contributed by atoms with van der Waals surface area (Å²) in [6.07, 6.45) is 0.895. The minimum Gasteiger partial charge on any atom is -0.480 e. The number of amides is 1. The van der Waals surface area contributed by atoms with Crippen molar-refractivity contribution in [3.63, 3.8) is 0 Å². The van der Waals surface area contributed by atoms with Gasteiger partial charge in [-0.1, -0.05) is 25.1 Å². The summed E-state index contributed by atoms with van der Waals surface area (Å²) in [5, 5.41) is 11.7. The first-order valence-electron chi connectivity index (χ1n) is 6.28. The first-order chi connectivity index (χ1) is 8.94. The molecule has 4 N–H and O–H groups in total. The van der Waals surface area contributed by atoms with E-state index in [-0.39, 0.29) is 5.91 Å². The number of nitrogens with two attached hydrogens (primary N) is 1. The number of hydrogen-bond acceptors (Lipinski definition) is 3. The second-order valence-electron chi connectivity index (χ2n) is 4.64. The van der Waals surface area contributed by atoms with Gasteiger partial charge < -0.3 is 16.2 Å². The lowest BCUT2D eigenvalue weighted by Gasteiger charge is -2.25. The predicted molar refractivity (Wildman–Crippen MR) is 73.0 cm³/mol. The van der Waals surface area contributed by atoms with Crippen LogP contribution in [0.25, 0.3) is 0 Å². The van der Waals surface area contributed by atoms with Gasteiger partial charge in [-0.25, -0.2) is 4.79 Å². The van der Waals surface area contributed by atoms with Crippen molar-refractivity contribution < 1.29 is 14.7 Å². The lowest BCUT2D eigenvalue weighted by Crippen LogP contribution is -2.51. The molecule has 0 radical (unpaired) electrons. The molecule has 1 unspecified atom stereocenters. The number of carbonyl (C=O) groups excluding carboxylic acids is 1. The third-order valence-electron chi connectivity index (χ3n) is 3.24. The van der Waals surface area contributed by atoms with E-state index in [0.717, 1.165) is 5.56 Å². The second-order valence-corrected chi connectivity index (χ2v) is 4.64. The van der Waals surface area contributed by atoms with Gasteiger partial charge in [-0.05, 0) is 37.9 Å². The number of hydrogen-bond donors (Lipinski definition) is 3. The standard InChI is InChI=1S/C14H20N2O3/c1-3-14(2,13(18)19)16-12(17)11-7-5-4-6-10(11)8-9-15/h4-7H,3,8-9,15H2,1-2H3,(H,16,17)(H,18,19). The minimum absolute atomic E-state index is 0.313. The monoisotopic (exact) mass is 264 g/mol. The highest BCUT2D eigenvalue weighted by atomic mass is 16.4. The highest BCUT2D eigenvalue weighted by Gasteiger charge is 2.33. The maximum absolute atomic E-state index is 12.2. The fraction of sp³-hybridized carbons (Fsp3) is 0.429. The number of rotatable bonds is 6. The van der Waals surface area contributed by atoms with E-state index >= 15 is 0 Å². The van der Waals surface area contributed by atoms with Crippen LogP contribution < -0.4 is 11.1 Å². The Kier molecular flexibility index (Phi) is 5.06. The van der Waals surface area contributed by atoms with E-state index in [4.69, 9.17) is 10.8 Å². The molecule has 0 aromatic heterocycles. The SMILES string of the molecule is CCC(C)(NC(=O)c1ccccc1CCN)C(=O)O. The van der Waals surface area contributed by atoms with Crippen LogP contribution in [-0.4, -0.2) is 29.1 Å². The van der Waals surface area contributed by atoms with Crippen LogP contribution in [0, 0.1) is 0 Å². The number of carbonyl (C=O) groups is 2. The fourth-order valence-electron chi connectivity index (χ4n) is 1.73. The summed E-state index contributed by atoms with van der Waals surface area (Å²) in [4.78, 5) is 23.4. The summed E-state index contributed by atoms with van der Waals surface area (Å²) in [6.45, 7) is 3.66. The Bertz CT molecular complexity index is 474. The number of carboxylic acid groups (broad SMARTS) is 1. The normalized spacial score (nSPS) is 13.6. The van der Waals surface area contributed by atoms with Crippen molar-refractivity contribution in [3.05, 3.63) is 35.4 Å². The molecule has 5 heteroatoms. The summed E-state index contributed by atoms with van der Waals surface area (Å²) in [5.41, 5.74) is 5.55. The number of nitrogens with one attached hydrogen (secondary N) is 1. The molecule has 1 rings (SSSR count). The maximum atomic E-state index is 12.2. The first-order valence-corrected chi connectivity index (χ1v) is 6.28. The summed E-state index contributed by atoms with van der Waals surface area (Å²) >= 11 is 0.